The number of nitrogens with two attached hydrogens (primary N) is 1. The van der Waals surface area contributed by atoms with Crippen molar-refractivity contribution in [1.29, 1.82) is 0 Å². The monoisotopic (exact) mass is 344 g/mol. The molecule has 0 unspecified atom stereocenters. The second kappa shape index (κ2) is 5.52. The molecular formula is C11H12N4O3S3. The first-order valence-corrected chi connectivity index (χ1v) is 9.44. The molecular weight excluding hydrogens is 332 g/mol. The van der Waals surface area contributed by atoms with Crippen molar-refractivity contribution in [3.8, 4) is 0 Å². The molecule has 0 radical (unpaired) electrons. The Kier molecular flexibility index (Phi) is 3.86. The maximum Gasteiger partial charge on any atom is 0.246 e. The number of primary amides is 1. The number of carbonyl (C=O) groups is 1. The van der Waals surface area contributed by atoms with Gasteiger partial charge >= 0.3 is 0 Å². The Bertz CT molecular complexity index is 789. The highest BCUT2D eigenvalue weighted by atomic mass is 32.2. The summed E-state index contributed by atoms with van der Waals surface area (Å²) in [6.07, 6.45) is 0. The van der Waals surface area contributed by atoms with Gasteiger partial charge in [0.25, 0.3) is 0 Å². The summed E-state index contributed by atoms with van der Waals surface area (Å²) in [5, 5.41) is 0. The Morgan fingerprint density at radius 1 is 1.38 bits per heavy atom. The maximum atomic E-state index is 12.9. The van der Waals surface area contributed by atoms with Crippen molar-refractivity contribution in [1.82, 2.24) is 13.1 Å². The Balaban J connectivity index is 2.11. The van der Waals surface area contributed by atoms with Gasteiger partial charge in [-0.05, 0) is 12.1 Å². The lowest BCUT2D eigenvalue weighted by Gasteiger charge is -2.32. The molecule has 2 N–H and O–H groups in total. The molecule has 1 fully saturated rings. The first-order chi connectivity index (χ1) is 10.0. The normalized spacial score (nSPS) is 20.7. The van der Waals surface area contributed by atoms with Gasteiger partial charge in [0, 0.05) is 18.1 Å². The molecule has 0 spiro atoms. The number of sulfonamides is 1. The van der Waals surface area contributed by atoms with E-state index < -0.39 is 22.0 Å². The van der Waals surface area contributed by atoms with E-state index in [1.165, 1.54) is 22.1 Å². The van der Waals surface area contributed by atoms with Gasteiger partial charge in [0.2, 0.25) is 15.9 Å². The largest absolute Gasteiger partial charge is 0.368 e. The van der Waals surface area contributed by atoms with E-state index in [0.717, 1.165) is 11.7 Å². The van der Waals surface area contributed by atoms with Crippen LogP contribution >= 0.6 is 23.5 Å². The van der Waals surface area contributed by atoms with E-state index in [1.807, 2.05) is 0 Å². The van der Waals surface area contributed by atoms with E-state index in [0.29, 0.717) is 22.5 Å². The SMILES string of the molecule is NC(=O)[C@H]1CSCCN1S(=O)(=O)c1cccc2nsnc12. The zero-order valence-electron chi connectivity index (χ0n) is 10.8. The molecule has 0 aliphatic carbocycles. The number of thioether (sulfide) groups is 1. The van der Waals surface area contributed by atoms with Crippen LogP contribution in [0, 0.1) is 0 Å². The van der Waals surface area contributed by atoms with Crippen LogP contribution in [0.25, 0.3) is 11.0 Å². The Hall–Kier alpha value is -1.23. The number of rotatable bonds is 3. The van der Waals surface area contributed by atoms with Crippen LogP contribution in [0.4, 0.5) is 0 Å². The molecule has 3 rings (SSSR count). The van der Waals surface area contributed by atoms with Crippen molar-refractivity contribution in [2.75, 3.05) is 18.1 Å². The average molecular weight is 344 g/mol. The minimum absolute atomic E-state index is 0.0758. The van der Waals surface area contributed by atoms with E-state index in [1.54, 1.807) is 12.1 Å². The predicted octanol–water partition coefficient (Wildman–Crippen LogP) is 0.283. The van der Waals surface area contributed by atoms with Crippen LogP contribution in [0.1, 0.15) is 0 Å². The van der Waals surface area contributed by atoms with Crippen molar-refractivity contribution >= 4 is 50.5 Å². The average Bonchev–Trinajstić information content (AvgIpc) is 2.95. The lowest BCUT2D eigenvalue weighted by atomic mass is 10.3. The van der Waals surface area contributed by atoms with Gasteiger partial charge in [-0.3, -0.25) is 4.79 Å². The third kappa shape index (κ3) is 2.52. The molecule has 0 bridgehead atoms. The highest BCUT2D eigenvalue weighted by molar-refractivity contribution is 7.99. The van der Waals surface area contributed by atoms with Crippen LogP contribution in [-0.2, 0) is 14.8 Å². The topological polar surface area (TPSA) is 106 Å². The number of hydrogen-bond donors (Lipinski definition) is 1. The van der Waals surface area contributed by atoms with Crippen LogP contribution in [-0.4, -0.2) is 51.5 Å². The highest BCUT2D eigenvalue weighted by Crippen LogP contribution is 2.28. The molecule has 1 saturated heterocycles. The van der Waals surface area contributed by atoms with Gasteiger partial charge in [0.1, 0.15) is 22.0 Å². The summed E-state index contributed by atoms with van der Waals surface area (Å²) in [5.74, 6) is 0.378. The fourth-order valence-electron chi connectivity index (χ4n) is 2.22. The van der Waals surface area contributed by atoms with Crippen LogP contribution in [0.3, 0.4) is 0 Å². The van der Waals surface area contributed by atoms with Crippen molar-refractivity contribution in [3.63, 3.8) is 0 Å². The second-order valence-corrected chi connectivity index (χ2v) is 8.03. The number of benzene rings is 1. The summed E-state index contributed by atoms with van der Waals surface area (Å²) in [7, 11) is -3.83. The summed E-state index contributed by atoms with van der Waals surface area (Å²) in [6, 6.07) is 3.98. The number of hydrogen-bond acceptors (Lipinski definition) is 7. The zero-order valence-corrected chi connectivity index (χ0v) is 13.2. The van der Waals surface area contributed by atoms with E-state index in [4.69, 9.17) is 5.73 Å². The van der Waals surface area contributed by atoms with Gasteiger partial charge in [0.05, 0.1) is 11.7 Å². The number of amides is 1. The van der Waals surface area contributed by atoms with Crippen molar-refractivity contribution < 1.29 is 13.2 Å². The lowest BCUT2D eigenvalue weighted by Crippen LogP contribution is -2.52. The Morgan fingerprint density at radius 2 is 2.19 bits per heavy atom. The smallest absolute Gasteiger partial charge is 0.246 e. The Labute approximate surface area is 129 Å². The Morgan fingerprint density at radius 3 is 2.95 bits per heavy atom. The van der Waals surface area contributed by atoms with Crippen LogP contribution < -0.4 is 5.73 Å². The third-order valence-electron chi connectivity index (χ3n) is 3.24. The van der Waals surface area contributed by atoms with E-state index in [9.17, 15) is 13.2 Å². The summed E-state index contributed by atoms with van der Waals surface area (Å²) >= 11 is 2.48. The molecule has 1 aliphatic heterocycles. The van der Waals surface area contributed by atoms with Gasteiger partial charge < -0.3 is 5.73 Å². The number of nitrogens with zero attached hydrogens (tertiary/aromatic N) is 3. The minimum Gasteiger partial charge on any atom is -0.368 e. The van der Waals surface area contributed by atoms with E-state index in [-0.39, 0.29) is 11.4 Å². The predicted molar refractivity (Wildman–Crippen MR) is 81.6 cm³/mol. The van der Waals surface area contributed by atoms with Crippen LogP contribution in [0.15, 0.2) is 23.1 Å². The molecule has 112 valence electrons. The molecule has 21 heavy (non-hydrogen) atoms. The summed E-state index contributed by atoms with van der Waals surface area (Å²) in [4.78, 5) is 11.6. The number of aromatic nitrogens is 2. The quantitative estimate of drug-likeness (QED) is 0.857. The molecule has 2 heterocycles. The van der Waals surface area contributed by atoms with Gasteiger partial charge in [-0.2, -0.15) is 24.8 Å². The summed E-state index contributed by atoms with van der Waals surface area (Å²) in [5.41, 5.74) is 6.21. The van der Waals surface area contributed by atoms with E-state index in [2.05, 4.69) is 8.75 Å². The first kappa shape index (κ1) is 14.7. The van der Waals surface area contributed by atoms with Crippen LogP contribution in [0.5, 0.6) is 0 Å². The van der Waals surface area contributed by atoms with Gasteiger partial charge in [-0.25, -0.2) is 8.42 Å². The zero-order chi connectivity index (χ0) is 15.0. The molecule has 1 amide bonds. The summed E-state index contributed by atoms with van der Waals surface area (Å²) < 4.78 is 35.0. The highest BCUT2D eigenvalue weighted by Gasteiger charge is 2.38. The fourth-order valence-corrected chi connectivity index (χ4v) is 5.84. The van der Waals surface area contributed by atoms with E-state index >= 15 is 0 Å². The first-order valence-electron chi connectivity index (χ1n) is 6.12. The van der Waals surface area contributed by atoms with Crippen LogP contribution in [0.2, 0.25) is 0 Å². The molecule has 10 heteroatoms. The maximum absolute atomic E-state index is 12.9. The number of fused-ring (bicyclic) bond motifs is 1. The summed E-state index contributed by atoms with van der Waals surface area (Å²) in [6.45, 7) is 0.258. The van der Waals surface area contributed by atoms with Gasteiger partial charge in [0.15, 0.2) is 0 Å². The molecule has 1 aromatic carbocycles. The van der Waals surface area contributed by atoms with Gasteiger partial charge in [-0.1, -0.05) is 6.07 Å². The van der Waals surface area contributed by atoms with Crippen molar-refractivity contribution in [2.24, 2.45) is 5.73 Å². The fraction of sp³-hybridized carbons (Fsp3) is 0.364. The minimum atomic E-state index is -3.83. The molecule has 1 aromatic heterocycles. The van der Waals surface area contributed by atoms with Crippen molar-refractivity contribution in [3.05, 3.63) is 18.2 Å². The second-order valence-electron chi connectivity index (χ2n) is 4.50. The van der Waals surface area contributed by atoms with Crippen molar-refractivity contribution in [2.45, 2.75) is 10.9 Å². The third-order valence-corrected chi connectivity index (χ3v) is 6.75. The molecule has 1 aliphatic rings. The molecule has 7 nitrogen and oxygen atoms in total. The molecule has 2 aromatic rings. The standard InChI is InChI=1S/C11H12N4O3S3/c12-11(16)8-6-19-5-4-15(8)21(17,18)9-3-1-2-7-10(9)14-20-13-7/h1-3,8H,4-6H2,(H2,12,16)/t8-/m1/s1. The lowest BCUT2D eigenvalue weighted by molar-refractivity contribution is -0.121. The van der Waals surface area contributed by atoms with Gasteiger partial charge in [-0.15, -0.1) is 0 Å². The molecule has 1 atom stereocenters. The molecule has 0 saturated carbocycles. The number of carbonyl (C=O) groups excluding carboxylic acids is 1.